The highest BCUT2D eigenvalue weighted by Crippen LogP contribution is 2.51. The lowest BCUT2D eigenvalue weighted by molar-refractivity contribution is -0.144. The third-order valence-electron chi connectivity index (χ3n) is 5.13. The van der Waals surface area contributed by atoms with Gasteiger partial charge in [0.05, 0.1) is 22.9 Å². The molecular weight excluding hydrogens is 381 g/mol. The zero-order valence-electron chi connectivity index (χ0n) is 15.6. The number of halogens is 1. The predicted octanol–water partition coefficient (Wildman–Crippen LogP) is 3.99. The van der Waals surface area contributed by atoms with E-state index in [2.05, 4.69) is 0 Å². The molecule has 1 aliphatic carbocycles. The summed E-state index contributed by atoms with van der Waals surface area (Å²) >= 11 is 0. The number of benzene rings is 2. The number of hydrogen-bond donors (Lipinski definition) is 0. The summed E-state index contributed by atoms with van der Waals surface area (Å²) in [6, 6.07) is 10.9. The molecule has 0 radical (unpaired) electrons. The molecule has 2 aromatic carbocycles. The van der Waals surface area contributed by atoms with Crippen LogP contribution in [0.4, 0.5) is 4.39 Å². The van der Waals surface area contributed by atoms with Gasteiger partial charge in [0.1, 0.15) is 5.82 Å². The van der Waals surface area contributed by atoms with Crippen LogP contribution in [-0.4, -0.2) is 25.0 Å². The summed E-state index contributed by atoms with van der Waals surface area (Å²) < 4.78 is 47.2. The standard InChI is InChI=1S/C21H20FNO4S/c1-3-27-21(24)16-11-15(16)17-12-23(19-6-4-5-18(22)20(17)19)28(25,26)14-9-7-13(2)8-10-14/h4-10,12,15-16H,3,11H2,1-2H3/t15-,16-/m1/s1. The number of nitrogens with zero attached hydrogens (tertiary/aromatic N) is 1. The van der Waals surface area contributed by atoms with Crippen molar-refractivity contribution >= 4 is 26.9 Å². The average molecular weight is 401 g/mol. The summed E-state index contributed by atoms with van der Waals surface area (Å²) in [6.45, 7) is 3.88. The minimum atomic E-state index is -3.90. The maximum Gasteiger partial charge on any atom is 0.309 e. The predicted molar refractivity (Wildman–Crippen MR) is 103 cm³/mol. The second kappa shape index (κ2) is 6.74. The first-order chi connectivity index (χ1) is 13.3. The van der Waals surface area contributed by atoms with Crippen molar-refractivity contribution in [1.29, 1.82) is 0 Å². The van der Waals surface area contributed by atoms with Crippen molar-refractivity contribution in [3.8, 4) is 0 Å². The molecule has 7 heteroatoms. The van der Waals surface area contributed by atoms with Gasteiger partial charge in [-0.1, -0.05) is 23.8 Å². The molecule has 0 bridgehead atoms. The van der Waals surface area contributed by atoms with E-state index in [-0.39, 0.29) is 40.2 Å². The van der Waals surface area contributed by atoms with E-state index in [1.165, 1.54) is 30.5 Å². The Morgan fingerprint density at radius 1 is 1.21 bits per heavy atom. The Kier molecular flexibility index (Phi) is 4.50. The molecule has 2 atom stereocenters. The Morgan fingerprint density at radius 3 is 2.61 bits per heavy atom. The number of aromatic nitrogens is 1. The van der Waals surface area contributed by atoms with Gasteiger partial charge in [-0.15, -0.1) is 0 Å². The maximum atomic E-state index is 14.6. The van der Waals surface area contributed by atoms with Crippen molar-refractivity contribution in [2.45, 2.75) is 31.1 Å². The van der Waals surface area contributed by atoms with E-state index in [9.17, 15) is 17.6 Å². The molecule has 1 heterocycles. The highest BCUT2D eigenvalue weighted by Gasteiger charge is 2.47. The molecule has 146 valence electrons. The Hall–Kier alpha value is -2.67. The van der Waals surface area contributed by atoms with Crippen molar-refractivity contribution in [2.75, 3.05) is 6.61 Å². The fourth-order valence-electron chi connectivity index (χ4n) is 3.59. The van der Waals surface area contributed by atoms with Crippen molar-refractivity contribution in [3.05, 3.63) is 65.6 Å². The number of aryl methyl sites for hydroxylation is 1. The van der Waals surface area contributed by atoms with Gasteiger partial charge in [0.25, 0.3) is 10.0 Å². The van der Waals surface area contributed by atoms with Gasteiger partial charge < -0.3 is 4.74 Å². The molecule has 4 rings (SSSR count). The van der Waals surface area contributed by atoms with Gasteiger partial charge >= 0.3 is 5.97 Å². The van der Waals surface area contributed by atoms with Crippen molar-refractivity contribution < 1.29 is 22.3 Å². The van der Waals surface area contributed by atoms with E-state index >= 15 is 0 Å². The average Bonchev–Trinajstić information content (AvgIpc) is 3.35. The van der Waals surface area contributed by atoms with Crippen LogP contribution in [0.15, 0.2) is 53.6 Å². The second-order valence-corrected chi connectivity index (χ2v) is 8.85. The van der Waals surface area contributed by atoms with Gasteiger partial charge in [0.2, 0.25) is 0 Å². The summed E-state index contributed by atoms with van der Waals surface area (Å²) in [5.41, 5.74) is 1.74. The summed E-state index contributed by atoms with van der Waals surface area (Å²) in [5, 5.41) is 0.245. The number of hydrogen-bond acceptors (Lipinski definition) is 4. The molecular formula is C21H20FNO4S. The van der Waals surface area contributed by atoms with Crippen LogP contribution in [-0.2, 0) is 19.6 Å². The van der Waals surface area contributed by atoms with Gasteiger partial charge in [0.15, 0.2) is 0 Å². The highest BCUT2D eigenvalue weighted by molar-refractivity contribution is 7.90. The summed E-state index contributed by atoms with van der Waals surface area (Å²) in [4.78, 5) is 12.2. The monoisotopic (exact) mass is 401 g/mol. The highest BCUT2D eigenvalue weighted by atomic mass is 32.2. The first-order valence-electron chi connectivity index (χ1n) is 9.13. The van der Waals surface area contributed by atoms with Crippen LogP contribution in [0.3, 0.4) is 0 Å². The minimum absolute atomic E-state index is 0.128. The summed E-state index contributed by atoms with van der Waals surface area (Å²) in [5.74, 6) is -1.43. The van der Waals surface area contributed by atoms with Crippen LogP contribution in [0, 0.1) is 18.7 Å². The Bertz CT molecular complexity index is 1170. The Balaban J connectivity index is 1.84. The second-order valence-electron chi connectivity index (χ2n) is 7.03. The van der Waals surface area contributed by atoms with Gasteiger partial charge in [-0.2, -0.15) is 0 Å². The van der Waals surface area contributed by atoms with E-state index < -0.39 is 15.8 Å². The Morgan fingerprint density at radius 2 is 1.93 bits per heavy atom. The first-order valence-corrected chi connectivity index (χ1v) is 10.6. The van der Waals surface area contributed by atoms with Gasteiger partial charge in [-0.25, -0.2) is 16.8 Å². The van der Waals surface area contributed by atoms with Crippen LogP contribution in [0.2, 0.25) is 0 Å². The third kappa shape index (κ3) is 2.99. The number of carbonyl (C=O) groups is 1. The topological polar surface area (TPSA) is 65.4 Å². The van der Waals surface area contributed by atoms with Crippen molar-refractivity contribution in [1.82, 2.24) is 3.97 Å². The number of esters is 1. The third-order valence-corrected chi connectivity index (χ3v) is 6.82. The number of ether oxygens (including phenoxy) is 1. The minimum Gasteiger partial charge on any atom is -0.466 e. The molecule has 1 saturated carbocycles. The molecule has 0 amide bonds. The maximum absolute atomic E-state index is 14.6. The van der Waals surface area contributed by atoms with E-state index in [0.29, 0.717) is 12.0 Å². The fourth-order valence-corrected chi connectivity index (χ4v) is 4.97. The van der Waals surface area contributed by atoms with E-state index in [0.717, 1.165) is 9.54 Å². The number of carbonyl (C=O) groups excluding carboxylic acids is 1. The largest absolute Gasteiger partial charge is 0.466 e. The van der Waals surface area contributed by atoms with E-state index in [1.807, 2.05) is 6.92 Å². The van der Waals surface area contributed by atoms with Crippen molar-refractivity contribution in [2.24, 2.45) is 5.92 Å². The summed E-state index contributed by atoms with van der Waals surface area (Å²) in [6.07, 6.45) is 1.98. The quantitative estimate of drug-likeness (QED) is 0.607. The molecule has 1 aliphatic rings. The number of rotatable bonds is 5. The smallest absolute Gasteiger partial charge is 0.309 e. The molecule has 1 aromatic heterocycles. The van der Waals surface area contributed by atoms with Crippen LogP contribution < -0.4 is 0 Å². The van der Waals surface area contributed by atoms with Crippen LogP contribution in [0.1, 0.15) is 30.4 Å². The molecule has 0 aliphatic heterocycles. The van der Waals surface area contributed by atoms with Gasteiger partial charge in [0, 0.05) is 17.5 Å². The molecule has 28 heavy (non-hydrogen) atoms. The lowest BCUT2D eigenvalue weighted by Crippen LogP contribution is -2.12. The SMILES string of the molecule is CCOC(=O)[C@@H]1C[C@H]1c1cn(S(=O)(=O)c2ccc(C)cc2)c2cccc(F)c12. The zero-order valence-corrected chi connectivity index (χ0v) is 16.4. The van der Waals surface area contributed by atoms with Crippen molar-refractivity contribution in [3.63, 3.8) is 0 Å². The normalized spacial score (nSPS) is 19.0. The van der Waals surface area contributed by atoms with Crippen LogP contribution >= 0.6 is 0 Å². The fraction of sp³-hybridized carbons (Fsp3) is 0.286. The molecule has 0 unspecified atom stereocenters. The molecule has 5 nitrogen and oxygen atoms in total. The molecule has 0 N–H and O–H groups in total. The van der Waals surface area contributed by atoms with E-state index in [4.69, 9.17) is 4.74 Å². The van der Waals surface area contributed by atoms with Gasteiger partial charge in [-0.3, -0.25) is 4.79 Å². The lowest BCUT2D eigenvalue weighted by atomic mass is 10.1. The van der Waals surface area contributed by atoms with E-state index in [1.54, 1.807) is 25.1 Å². The molecule has 0 saturated heterocycles. The van der Waals surface area contributed by atoms with Crippen LogP contribution in [0.5, 0.6) is 0 Å². The lowest BCUT2D eigenvalue weighted by Gasteiger charge is -2.08. The zero-order chi connectivity index (χ0) is 20.1. The Labute approximate surface area is 162 Å². The molecule has 3 aromatic rings. The number of fused-ring (bicyclic) bond motifs is 1. The van der Waals surface area contributed by atoms with Gasteiger partial charge in [-0.05, 0) is 50.1 Å². The summed E-state index contributed by atoms with van der Waals surface area (Å²) in [7, 11) is -3.90. The van der Waals surface area contributed by atoms with Crippen LogP contribution in [0.25, 0.3) is 10.9 Å². The first kappa shape index (κ1) is 18.7. The molecule has 0 spiro atoms. The molecule has 1 fully saturated rings.